The molecule has 13 heavy (non-hydrogen) atoms. The third kappa shape index (κ3) is 1.75. The summed E-state index contributed by atoms with van der Waals surface area (Å²) < 4.78 is 5.58. The zero-order valence-electron chi connectivity index (χ0n) is 7.62. The second-order valence-corrected chi connectivity index (χ2v) is 3.57. The molecule has 2 nitrogen and oxygen atoms in total. The number of hydrogen-bond donors (Lipinski definition) is 0. The first-order valence-corrected chi connectivity index (χ1v) is 4.83. The number of nitrogens with zero attached hydrogens (tertiary/aromatic N) is 1. The van der Waals surface area contributed by atoms with Crippen LogP contribution in [0.25, 0.3) is 0 Å². The molecule has 1 aliphatic carbocycles. The Morgan fingerprint density at radius 3 is 3.23 bits per heavy atom. The van der Waals surface area contributed by atoms with Crippen molar-refractivity contribution >= 4 is 0 Å². The number of allylic oxidation sites excluding steroid dienone is 3. The van der Waals surface area contributed by atoms with Gasteiger partial charge < -0.3 is 4.74 Å². The SMILES string of the molecule is N#CC1C=CC2=C(CCCCO2)C1. The van der Waals surface area contributed by atoms with E-state index in [1.54, 1.807) is 0 Å². The van der Waals surface area contributed by atoms with E-state index in [0.29, 0.717) is 0 Å². The zero-order valence-corrected chi connectivity index (χ0v) is 7.62. The van der Waals surface area contributed by atoms with Crippen molar-refractivity contribution in [2.24, 2.45) is 5.92 Å². The molecule has 0 fully saturated rings. The van der Waals surface area contributed by atoms with E-state index in [1.165, 1.54) is 12.0 Å². The van der Waals surface area contributed by atoms with Crippen LogP contribution in [0, 0.1) is 17.2 Å². The lowest BCUT2D eigenvalue weighted by atomic mass is 9.92. The first kappa shape index (κ1) is 8.37. The lowest BCUT2D eigenvalue weighted by Crippen LogP contribution is -2.04. The molecule has 0 radical (unpaired) electrons. The van der Waals surface area contributed by atoms with E-state index >= 15 is 0 Å². The van der Waals surface area contributed by atoms with Gasteiger partial charge >= 0.3 is 0 Å². The fourth-order valence-electron chi connectivity index (χ4n) is 1.84. The predicted octanol–water partition coefficient (Wildman–Crippen LogP) is 2.54. The Kier molecular flexibility index (Phi) is 2.35. The van der Waals surface area contributed by atoms with Gasteiger partial charge in [-0.15, -0.1) is 0 Å². The second-order valence-electron chi connectivity index (χ2n) is 3.57. The molecule has 0 amide bonds. The monoisotopic (exact) mass is 175 g/mol. The maximum atomic E-state index is 8.79. The van der Waals surface area contributed by atoms with Gasteiger partial charge in [0, 0.05) is 0 Å². The highest BCUT2D eigenvalue weighted by atomic mass is 16.5. The van der Waals surface area contributed by atoms with E-state index < -0.39 is 0 Å². The molecule has 68 valence electrons. The fourth-order valence-corrected chi connectivity index (χ4v) is 1.84. The lowest BCUT2D eigenvalue weighted by molar-refractivity contribution is 0.222. The van der Waals surface area contributed by atoms with Gasteiger partial charge in [-0.1, -0.05) is 6.08 Å². The first-order chi connectivity index (χ1) is 6.40. The van der Waals surface area contributed by atoms with Crippen molar-refractivity contribution in [3.63, 3.8) is 0 Å². The summed E-state index contributed by atoms with van der Waals surface area (Å²) in [5.41, 5.74) is 1.34. The quantitative estimate of drug-likeness (QED) is 0.566. The predicted molar refractivity (Wildman–Crippen MR) is 49.7 cm³/mol. The number of ether oxygens (including phenoxy) is 1. The molecule has 1 unspecified atom stereocenters. The van der Waals surface area contributed by atoms with Crippen molar-refractivity contribution in [1.82, 2.24) is 0 Å². The third-order valence-electron chi connectivity index (χ3n) is 2.59. The van der Waals surface area contributed by atoms with Gasteiger partial charge in [-0.3, -0.25) is 0 Å². The summed E-state index contributed by atoms with van der Waals surface area (Å²) in [6, 6.07) is 2.28. The largest absolute Gasteiger partial charge is 0.494 e. The van der Waals surface area contributed by atoms with Crippen molar-refractivity contribution in [3.05, 3.63) is 23.5 Å². The molecule has 0 aromatic heterocycles. The Bertz CT molecular complexity index is 296. The van der Waals surface area contributed by atoms with Crippen molar-refractivity contribution in [1.29, 1.82) is 5.26 Å². The van der Waals surface area contributed by atoms with E-state index in [-0.39, 0.29) is 5.92 Å². The topological polar surface area (TPSA) is 33.0 Å². The van der Waals surface area contributed by atoms with Crippen LogP contribution in [0.4, 0.5) is 0 Å². The molecule has 0 N–H and O–H groups in total. The Morgan fingerprint density at radius 2 is 2.38 bits per heavy atom. The summed E-state index contributed by atoms with van der Waals surface area (Å²) >= 11 is 0. The molecular formula is C11H13NO. The van der Waals surface area contributed by atoms with E-state index in [4.69, 9.17) is 10.00 Å². The Hall–Kier alpha value is -1.23. The molecule has 0 bridgehead atoms. The van der Waals surface area contributed by atoms with E-state index in [9.17, 15) is 0 Å². The molecule has 1 heterocycles. The lowest BCUT2D eigenvalue weighted by Gasteiger charge is -2.16. The molecule has 1 aliphatic heterocycles. The maximum absolute atomic E-state index is 8.79. The highest BCUT2D eigenvalue weighted by Gasteiger charge is 2.18. The average Bonchev–Trinajstić information content (AvgIpc) is 2.41. The van der Waals surface area contributed by atoms with Crippen LogP contribution in [0.3, 0.4) is 0 Å². The molecule has 1 atom stereocenters. The molecule has 2 heteroatoms. The summed E-state index contributed by atoms with van der Waals surface area (Å²) in [5, 5.41) is 8.79. The average molecular weight is 175 g/mol. The van der Waals surface area contributed by atoms with Gasteiger partial charge in [0.05, 0.1) is 18.6 Å². The van der Waals surface area contributed by atoms with Gasteiger partial charge in [-0.05, 0) is 37.3 Å². The standard InChI is InChI=1S/C11H13NO/c12-8-9-4-5-11-10(7-9)3-1-2-6-13-11/h4-5,9H,1-3,6-7H2. The van der Waals surface area contributed by atoms with E-state index in [1.807, 2.05) is 12.2 Å². The third-order valence-corrected chi connectivity index (χ3v) is 2.59. The summed E-state index contributed by atoms with van der Waals surface area (Å²) in [5.74, 6) is 1.10. The van der Waals surface area contributed by atoms with Crippen molar-refractivity contribution in [2.75, 3.05) is 6.61 Å². The Balaban J connectivity index is 2.16. The normalized spacial score (nSPS) is 27.2. The van der Waals surface area contributed by atoms with Crippen LogP contribution in [0.15, 0.2) is 23.5 Å². The second kappa shape index (κ2) is 3.66. The minimum Gasteiger partial charge on any atom is -0.494 e. The van der Waals surface area contributed by atoms with Crippen LogP contribution in [0.5, 0.6) is 0 Å². The summed E-state index contributed by atoms with van der Waals surface area (Å²) in [4.78, 5) is 0. The number of hydrogen-bond acceptors (Lipinski definition) is 2. The molecule has 0 saturated heterocycles. The van der Waals surface area contributed by atoms with Crippen LogP contribution in [0.1, 0.15) is 25.7 Å². The van der Waals surface area contributed by atoms with E-state index in [2.05, 4.69) is 6.07 Å². The molecule has 2 rings (SSSR count). The van der Waals surface area contributed by atoms with Gasteiger partial charge in [0.15, 0.2) is 0 Å². The van der Waals surface area contributed by atoms with Crippen molar-refractivity contribution in [2.45, 2.75) is 25.7 Å². The summed E-state index contributed by atoms with van der Waals surface area (Å²) in [6.45, 7) is 0.834. The Labute approximate surface area is 78.5 Å². The minimum atomic E-state index is 0.0699. The Morgan fingerprint density at radius 1 is 1.46 bits per heavy atom. The van der Waals surface area contributed by atoms with Gasteiger partial charge in [-0.2, -0.15) is 5.26 Å². The molecule has 0 aromatic carbocycles. The summed E-state index contributed by atoms with van der Waals surface area (Å²) in [6.07, 6.45) is 8.24. The smallest absolute Gasteiger partial charge is 0.118 e. The van der Waals surface area contributed by atoms with Crippen molar-refractivity contribution in [3.8, 4) is 6.07 Å². The van der Waals surface area contributed by atoms with Gasteiger partial charge in [-0.25, -0.2) is 0 Å². The van der Waals surface area contributed by atoms with Gasteiger partial charge in [0.2, 0.25) is 0 Å². The summed E-state index contributed by atoms with van der Waals surface area (Å²) in [7, 11) is 0. The first-order valence-electron chi connectivity index (χ1n) is 4.83. The molecular weight excluding hydrogens is 162 g/mol. The van der Waals surface area contributed by atoms with Crippen LogP contribution in [0.2, 0.25) is 0 Å². The fraction of sp³-hybridized carbons (Fsp3) is 0.545. The number of rotatable bonds is 0. The molecule has 0 spiro atoms. The van der Waals surface area contributed by atoms with Crippen molar-refractivity contribution < 1.29 is 4.74 Å². The minimum absolute atomic E-state index is 0.0699. The number of nitriles is 1. The highest BCUT2D eigenvalue weighted by Crippen LogP contribution is 2.29. The maximum Gasteiger partial charge on any atom is 0.118 e. The molecule has 2 aliphatic rings. The molecule has 0 saturated carbocycles. The van der Waals surface area contributed by atoms with Crippen LogP contribution in [-0.4, -0.2) is 6.61 Å². The molecule has 0 aromatic rings. The van der Waals surface area contributed by atoms with Crippen LogP contribution < -0.4 is 0 Å². The highest BCUT2D eigenvalue weighted by molar-refractivity contribution is 5.29. The van der Waals surface area contributed by atoms with E-state index in [0.717, 1.165) is 31.6 Å². The van der Waals surface area contributed by atoms with Gasteiger partial charge in [0.1, 0.15) is 5.76 Å². The van der Waals surface area contributed by atoms with Crippen LogP contribution >= 0.6 is 0 Å². The zero-order chi connectivity index (χ0) is 9.10. The van der Waals surface area contributed by atoms with Crippen LogP contribution in [-0.2, 0) is 4.74 Å². The van der Waals surface area contributed by atoms with Gasteiger partial charge in [0.25, 0.3) is 0 Å².